The van der Waals surface area contributed by atoms with E-state index in [2.05, 4.69) is 4.98 Å². The summed E-state index contributed by atoms with van der Waals surface area (Å²) in [6.07, 6.45) is 0.978. The van der Waals surface area contributed by atoms with Gasteiger partial charge in [0.1, 0.15) is 6.10 Å². The number of hydrogen-bond donors (Lipinski definition) is 4. The molecule has 2 rings (SSSR count). The highest BCUT2D eigenvalue weighted by Crippen LogP contribution is 2.33. The van der Waals surface area contributed by atoms with E-state index in [9.17, 15) is 20.1 Å². The Kier molecular flexibility index (Phi) is 3.16. The zero-order chi connectivity index (χ0) is 13.3. The van der Waals surface area contributed by atoms with E-state index in [1.165, 1.54) is 12.4 Å². The van der Waals surface area contributed by atoms with E-state index in [1.807, 2.05) is 0 Å². The summed E-state index contributed by atoms with van der Waals surface area (Å²) < 4.78 is 0. The molecular formula is C12H13NO5. The number of aliphatic hydroxyl groups excluding tert-OH is 2. The third-order valence-corrected chi connectivity index (χ3v) is 2.96. The van der Waals surface area contributed by atoms with Crippen LogP contribution in [0, 0.1) is 0 Å². The largest absolute Gasteiger partial charge is 0.479 e. The summed E-state index contributed by atoms with van der Waals surface area (Å²) >= 11 is 0. The average Bonchev–Trinajstić information content (AvgIpc) is 2.35. The van der Waals surface area contributed by atoms with Crippen molar-refractivity contribution >= 4 is 11.5 Å². The van der Waals surface area contributed by atoms with E-state index < -0.39 is 30.2 Å². The van der Waals surface area contributed by atoms with Crippen LogP contribution < -0.4 is 0 Å². The van der Waals surface area contributed by atoms with Crippen molar-refractivity contribution in [2.45, 2.75) is 24.2 Å². The molecule has 0 aromatic carbocycles. The summed E-state index contributed by atoms with van der Waals surface area (Å²) in [6, 6.07) is 3.23. The Morgan fingerprint density at radius 1 is 1.44 bits per heavy atom. The van der Waals surface area contributed by atoms with Crippen molar-refractivity contribution in [1.82, 2.24) is 4.98 Å². The predicted octanol–water partition coefficient (Wildman–Crippen LogP) is -0.594. The Morgan fingerprint density at radius 2 is 2.17 bits per heavy atom. The molecule has 96 valence electrons. The molecule has 0 unspecified atom stereocenters. The zero-order valence-electron chi connectivity index (χ0n) is 9.39. The van der Waals surface area contributed by atoms with Crippen LogP contribution in [0.5, 0.6) is 0 Å². The van der Waals surface area contributed by atoms with E-state index >= 15 is 0 Å². The lowest BCUT2D eigenvalue weighted by atomic mass is 9.81. The Bertz CT molecular complexity index is 487. The van der Waals surface area contributed by atoms with Gasteiger partial charge in [-0.15, -0.1) is 0 Å². The molecule has 0 fully saturated rings. The number of hydrogen-bond acceptors (Lipinski definition) is 5. The highest BCUT2D eigenvalue weighted by atomic mass is 16.4. The molecule has 0 saturated carbocycles. The van der Waals surface area contributed by atoms with Gasteiger partial charge in [-0.2, -0.15) is 0 Å². The minimum atomic E-state index is -2.18. The molecule has 0 spiro atoms. The average molecular weight is 251 g/mol. The van der Waals surface area contributed by atoms with Gasteiger partial charge in [0.05, 0.1) is 6.10 Å². The minimum absolute atomic E-state index is 0.159. The number of nitrogens with zero attached hydrogens (tertiary/aromatic N) is 1. The molecular weight excluding hydrogens is 238 g/mol. The molecule has 0 saturated heterocycles. The maximum atomic E-state index is 11.0. The van der Waals surface area contributed by atoms with Crippen LogP contribution in [0.4, 0.5) is 0 Å². The Hall–Kier alpha value is -1.76. The number of carboxylic acids is 1. The normalized spacial score (nSPS) is 31.8. The summed E-state index contributed by atoms with van der Waals surface area (Å²) in [5.74, 6) is -1.46. The van der Waals surface area contributed by atoms with E-state index in [0.717, 1.165) is 6.08 Å². The van der Waals surface area contributed by atoms with Crippen molar-refractivity contribution in [1.29, 1.82) is 0 Å². The first-order valence-corrected chi connectivity index (χ1v) is 5.39. The third kappa shape index (κ3) is 2.13. The smallest absolute Gasteiger partial charge is 0.339 e. The Labute approximate surface area is 103 Å². The second-order valence-corrected chi connectivity index (χ2v) is 4.29. The van der Waals surface area contributed by atoms with Gasteiger partial charge in [0.25, 0.3) is 0 Å². The molecule has 0 radical (unpaired) electrons. The predicted molar refractivity (Wildman–Crippen MR) is 61.4 cm³/mol. The quantitative estimate of drug-likeness (QED) is 0.559. The van der Waals surface area contributed by atoms with Crippen LogP contribution in [-0.2, 0) is 4.79 Å². The molecule has 3 atom stereocenters. The van der Waals surface area contributed by atoms with Crippen LogP contribution in [0.1, 0.15) is 12.0 Å². The maximum absolute atomic E-state index is 11.0. The number of pyridine rings is 1. The van der Waals surface area contributed by atoms with Gasteiger partial charge in [-0.25, -0.2) is 4.79 Å². The van der Waals surface area contributed by atoms with Crippen molar-refractivity contribution in [2.24, 2.45) is 0 Å². The molecule has 1 heterocycles. The zero-order valence-corrected chi connectivity index (χ0v) is 9.39. The van der Waals surface area contributed by atoms with Crippen LogP contribution >= 0.6 is 0 Å². The first kappa shape index (κ1) is 12.7. The van der Waals surface area contributed by atoms with Crippen molar-refractivity contribution in [2.75, 3.05) is 0 Å². The van der Waals surface area contributed by atoms with Crippen molar-refractivity contribution in [3.05, 3.63) is 36.2 Å². The SMILES string of the molecule is O=C(O)[C@]1(O)C=C(c2cccnc2)[C@@H](O)[C@H](O)C1. The van der Waals surface area contributed by atoms with Gasteiger partial charge in [-0.05, 0) is 23.3 Å². The summed E-state index contributed by atoms with van der Waals surface area (Å²) in [4.78, 5) is 14.9. The molecule has 0 aliphatic heterocycles. The maximum Gasteiger partial charge on any atom is 0.339 e. The number of aromatic nitrogens is 1. The number of carboxylic acid groups (broad SMARTS) is 1. The number of aliphatic carboxylic acids is 1. The molecule has 1 aliphatic rings. The van der Waals surface area contributed by atoms with Gasteiger partial charge in [-0.3, -0.25) is 4.98 Å². The van der Waals surface area contributed by atoms with Crippen LogP contribution in [0.3, 0.4) is 0 Å². The van der Waals surface area contributed by atoms with Gasteiger partial charge < -0.3 is 20.4 Å². The molecule has 6 heteroatoms. The fourth-order valence-electron chi connectivity index (χ4n) is 1.98. The number of rotatable bonds is 2. The fraction of sp³-hybridized carbons (Fsp3) is 0.333. The monoisotopic (exact) mass is 251 g/mol. The van der Waals surface area contributed by atoms with E-state index in [1.54, 1.807) is 12.1 Å². The first-order chi connectivity index (χ1) is 8.44. The molecule has 0 amide bonds. The van der Waals surface area contributed by atoms with Crippen molar-refractivity contribution in [3.63, 3.8) is 0 Å². The molecule has 4 N–H and O–H groups in total. The third-order valence-electron chi connectivity index (χ3n) is 2.96. The minimum Gasteiger partial charge on any atom is -0.479 e. The lowest BCUT2D eigenvalue weighted by molar-refractivity contribution is -0.157. The van der Waals surface area contributed by atoms with Crippen LogP contribution in [0.2, 0.25) is 0 Å². The molecule has 18 heavy (non-hydrogen) atoms. The molecule has 6 nitrogen and oxygen atoms in total. The van der Waals surface area contributed by atoms with E-state index in [-0.39, 0.29) is 5.57 Å². The van der Waals surface area contributed by atoms with E-state index in [0.29, 0.717) is 5.56 Å². The molecule has 1 aromatic heterocycles. The van der Waals surface area contributed by atoms with E-state index in [4.69, 9.17) is 5.11 Å². The van der Waals surface area contributed by atoms with Crippen LogP contribution in [0.25, 0.3) is 5.57 Å². The standard InChI is InChI=1S/C12H13NO5/c14-9-5-12(18,11(16)17)4-8(10(9)15)7-2-1-3-13-6-7/h1-4,6,9-10,14-15,18H,5H2,(H,16,17)/t9-,10-,12+/m1/s1. The fourth-order valence-corrected chi connectivity index (χ4v) is 1.98. The Morgan fingerprint density at radius 3 is 2.72 bits per heavy atom. The summed E-state index contributed by atoms with van der Waals surface area (Å²) in [6.45, 7) is 0. The summed E-state index contributed by atoms with van der Waals surface area (Å²) in [5.41, 5.74) is -1.56. The lowest BCUT2D eigenvalue weighted by Gasteiger charge is -2.33. The second kappa shape index (κ2) is 4.49. The topological polar surface area (TPSA) is 111 Å². The van der Waals surface area contributed by atoms with Crippen molar-refractivity contribution < 1.29 is 25.2 Å². The highest BCUT2D eigenvalue weighted by Gasteiger charge is 2.43. The van der Waals surface area contributed by atoms with Gasteiger partial charge in [-0.1, -0.05) is 6.07 Å². The molecule has 1 aromatic rings. The number of carbonyl (C=O) groups is 1. The van der Waals surface area contributed by atoms with Crippen LogP contribution in [-0.4, -0.2) is 49.2 Å². The van der Waals surface area contributed by atoms with Gasteiger partial charge >= 0.3 is 5.97 Å². The highest BCUT2D eigenvalue weighted by molar-refractivity contribution is 5.85. The second-order valence-electron chi connectivity index (χ2n) is 4.29. The summed E-state index contributed by atoms with van der Waals surface area (Å²) in [7, 11) is 0. The van der Waals surface area contributed by atoms with Gasteiger partial charge in [0, 0.05) is 18.8 Å². The number of aliphatic hydroxyl groups is 3. The summed E-state index contributed by atoms with van der Waals surface area (Å²) in [5, 5.41) is 38.4. The van der Waals surface area contributed by atoms with Crippen molar-refractivity contribution in [3.8, 4) is 0 Å². The van der Waals surface area contributed by atoms with Gasteiger partial charge in [0.15, 0.2) is 5.60 Å². The van der Waals surface area contributed by atoms with Crippen LogP contribution in [0.15, 0.2) is 30.6 Å². The molecule has 0 bridgehead atoms. The lowest BCUT2D eigenvalue weighted by Crippen LogP contribution is -2.47. The Balaban J connectivity index is 2.49. The molecule has 1 aliphatic carbocycles. The van der Waals surface area contributed by atoms with Gasteiger partial charge in [0.2, 0.25) is 0 Å². The first-order valence-electron chi connectivity index (χ1n) is 5.39.